The van der Waals surface area contributed by atoms with Crippen molar-refractivity contribution in [1.29, 1.82) is 0 Å². The second-order valence-corrected chi connectivity index (χ2v) is 4.03. The van der Waals surface area contributed by atoms with Gasteiger partial charge < -0.3 is 14.4 Å². The maximum Gasteiger partial charge on any atom is 0.303 e. The zero-order valence-corrected chi connectivity index (χ0v) is 10.3. The fourth-order valence-electron chi connectivity index (χ4n) is 1.64. The first-order chi connectivity index (χ1) is 9.24. The van der Waals surface area contributed by atoms with Gasteiger partial charge >= 0.3 is 5.97 Å². The van der Waals surface area contributed by atoms with Gasteiger partial charge in [0.15, 0.2) is 6.61 Å². The molecule has 0 aliphatic carbocycles. The van der Waals surface area contributed by atoms with Gasteiger partial charge in [-0.3, -0.25) is 4.79 Å². The van der Waals surface area contributed by atoms with Gasteiger partial charge in [-0.1, -0.05) is 17.3 Å². The summed E-state index contributed by atoms with van der Waals surface area (Å²) in [6.07, 6.45) is 2.75. The summed E-state index contributed by atoms with van der Waals surface area (Å²) in [5.41, 5.74) is 1.05. The molecule has 0 amide bonds. The molecule has 100 valence electrons. The Labute approximate surface area is 110 Å². The zero-order valence-electron chi connectivity index (χ0n) is 10.3. The number of carbonyl (C=O) groups is 1. The highest BCUT2D eigenvalue weighted by atomic mass is 16.5. The minimum absolute atomic E-state index is 0.175. The molecule has 0 atom stereocenters. The number of carboxylic acid groups (broad SMARTS) is 1. The number of aliphatic carboxylic acids is 1. The van der Waals surface area contributed by atoms with Gasteiger partial charge in [-0.05, 0) is 30.5 Å². The lowest BCUT2D eigenvalue weighted by Gasteiger charge is -2.05. The van der Waals surface area contributed by atoms with E-state index in [0.29, 0.717) is 24.4 Å². The van der Waals surface area contributed by atoms with E-state index in [1.165, 1.54) is 6.39 Å². The Morgan fingerprint density at radius 2 is 2.32 bits per heavy atom. The Morgan fingerprint density at radius 1 is 1.42 bits per heavy atom. The second-order valence-electron chi connectivity index (χ2n) is 4.03. The van der Waals surface area contributed by atoms with E-state index < -0.39 is 5.97 Å². The first-order valence-corrected chi connectivity index (χ1v) is 5.93. The molecule has 0 spiro atoms. The normalized spacial score (nSPS) is 10.3. The molecule has 6 heteroatoms. The number of hydrogen-bond donors (Lipinski definition) is 1. The van der Waals surface area contributed by atoms with Crippen LogP contribution in [0.15, 0.2) is 35.2 Å². The van der Waals surface area contributed by atoms with Crippen molar-refractivity contribution in [3.63, 3.8) is 0 Å². The van der Waals surface area contributed by atoms with Crippen molar-refractivity contribution in [2.45, 2.75) is 25.9 Å². The summed E-state index contributed by atoms with van der Waals surface area (Å²) in [7, 11) is 0. The molecule has 6 nitrogen and oxygen atoms in total. The molecule has 2 rings (SSSR count). The minimum atomic E-state index is -0.774. The number of aromatic nitrogens is 2. The fraction of sp³-hybridized carbons (Fsp3) is 0.308. The van der Waals surface area contributed by atoms with E-state index in [-0.39, 0.29) is 13.0 Å². The smallest absolute Gasteiger partial charge is 0.303 e. The monoisotopic (exact) mass is 262 g/mol. The predicted octanol–water partition coefficient (Wildman–Crippen LogP) is 2.06. The van der Waals surface area contributed by atoms with E-state index in [9.17, 15) is 4.79 Å². The topological polar surface area (TPSA) is 85.5 Å². The largest absolute Gasteiger partial charge is 0.485 e. The lowest BCUT2D eigenvalue weighted by molar-refractivity contribution is -0.137. The third kappa shape index (κ3) is 4.42. The van der Waals surface area contributed by atoms with E-state index >= 15 is 0 Å². The van der Waals surface area contributed by atoms with Gasteiger partial charge in [0, 0.05) is 6.42 Å². The molecule has 0 saturated carbocycles. The summed E-state index contributed by atoms with van der Waals surface area (Å²) in [6.45, 7) is 0.245. The molecule has 1 aromatic heterocycles. The summed E-state index contributed by atoms with van der Waals surface area (Å²) in [6, 6.07) is 7.55. The van der Waals surface area contributed by atoms with Gasteiger partial charge in [0.2, 0.25) is 12.2 Å². The van der Waals surface area contributed by atoms with Crippen LogP contribution in [0.25, 0.3) is 0 Å². The van der Waals surface area contributed by atoms with Crippen LogP contribution in [0.4, 0.5) is 0 Å². The van der Waals surface area contributed by atoms with Crippen LogP contribution in [0.2, 0.25) is 0 Å². The molecule has 1 aromatic carbocycles. The quantitative estimate of drug-likeness (QED) is 0.822. The summed E-state index contributed by atoms with van der Waals surface area (Å²) in [5.74, 6) is 0.415. The molecule has 0 bridgehead atoms. The number of benzene rings is 1. The Bertz CT molecular complexity index is 525. The van der Waals surface area contributed by atoms with Crippen molar-refractivity contribution >= 4 is 5.97 Å². The molecular formula is C13H14N2O4. The van der Waals surface area contributed by atoms with Crippen LogP contribution >= 0.6 is 0 Å². The first-order valence-electron chi connectivity index (χ1n) is 5.93. The maximum absolute atomic E-state index is 10.4. The van der Waals surface area contributed by atoms with Crippen molar-refractivity contribution in [2.75, 3.05) is 0 Å². The van der Waals surface area contributed by atoms with Crippen LogP contribution in [0, 0.1) is 0 Å². The molecule has 1 heterocycles. The summed E-state index contributed by atoms with van der Waals surface area (Å²) < 4.78 is 10.1. The van der Waals surface area contributed by atoms with Crippen LogP contribution in [0.3, 0.4) is 0 Å². The van der Waals surface area contributed by atoms with Crippen LogP contribution < -0.4 is 4.74 Å². The maximum atomic E-state index is 10.4. The van der Waals surface area contributed by atoms with Gasteiger partial charge in [-0.15, -0.1) is 0 Å². The Balaban J connectivity index is 1.86. The standard InChI is InChI=1S/C13H14N2O4/c16-13(17)6-2-4-10-3-1-5-11(7-10)18-8-12-14-9-19-15-12/h1,3,5,7,9H,2,4,6,8H2,(H,16,17). The Kier molecular flexibility index (Phi) is 4.49. The van der Waals surface area contributed by atoms with Crippen LogP contribution in [-0.4, -0.2) is 21.2 Å². The number of aryl methyl sites for hydroxylation is 1. The molecule has 2 aromatic rings. The highest BCUT2D eigenvalue weighted by Crippen LogP contribution is 2.16. The number of rotatable bonds is 7. The highest BCUT2D eigenvalue weighted by Gasteiger charge is 2.02. The van der Waals surface area contributed by atoms with E-state index in [0.717, 1.165) is 5.56 Å². The molecule has 19 heavy (non-hydrogen) atoms. The number of nitrogens with zero attached hydrogens (tertiary/aromatic N) is 2. The SMILES string of the molecule is O=C(O)CCCc1cccc(OCc2ncon2)c1. The van der Waals surface area contributed by atoms with E-state index in [4.69, 9.17) is 9.84 Å². The van der Waals surface area contributed by atoms with Crippen molar-refractivity contribution in [1.82, 2.24) is 10.1 Å². The van der Waals surface area contributed by atoms with Gasteiger partial charge in [0.25, 0.3) is 0 Å². The predicted molar refractivity (Wildman–Crippen MR) is 65.6 cm³/mol. The molecule has 1 N–H and O–H groups in total. The minimum Gasteiger partial charge on any atom is -0.485 e. The van der Waals surface area contributed by atoms with E-state index in [2.05, 4.69) is 14.7 Å². The number of hydrogen-bond acceptors (Lipinski definition) is 5. The second kappa shape index (κ2) is 6.53. The molecule has 0 unspecified atom stereocenters. The summed E-state index contributed by atoms with van der Waals surface area (Å²) in [4.78, 5) is 14.3. The lowest BCUT2D eigenvalue weighted by atomic mass is 10.1. The first kappa shape index (κ1) is 13.1. The number of carboxylic acids is 1. The van der Waals surface area contributed by atoms with Crippen LogP contribution in [0.1, 0.15) is 24.2 Å². The van der Waals surface area contributed by atoms with Gasteiger partial charge in [-0.2, -0.15) is 4.98 Å². The van der Waals surface area contributed by atoms with Gasteiger partial charge in [0.1, 0.15) is 5.75 Å². The third-order valence-electron chi connectivity index (χ3n) is 2.53. The van der Waals surface area contributed by atoms with Crippen molar-refractivity contribution < 1.29 is 19.2 Å². The molecule has 0 aliphatic heterocycles. The third-order valence-corrected chi connectivity index (χ3v) is 2.53. The summed E-state index contributed by atoms with van der Waals surface area (Å²) >= 11 is 0. The average Bonchev–Trinajstić information content (AvgIpc) is 2.89. The molecular weight excluding hydrogens is 248 g/mol. The lowest BCUT2D eigenvalue weighted by Crippen LogP contribution is -1.98. The molecule has 0 saturated heterocycles. The summed E-state index contributed by atoms with van der Waals surface area (Å²) in [5, 5.41) is 12.2. The van der Waals surface area contributed by atoms with Gasteiger partial charge in [-0.25, -0.2) is 0 Å². The average molecular weight is 262 g/mol. The number of ether oxygens (including phenoxy) is 1. The van der Waals surface area contributed by atoms with E-state index in [1.54, 1.807) is 0 Å². The molecule has 0 radical (unpaired) electrons. The fourth-order valence-corrected chi connectivity index (χ4v) is 1.64. The van der Waals surface area contributed by atoms with Crippen molar-refractivity contribution in [2.24, 2.45) is 0 Å². The Hall–Kier alpha value is -2.37. The van der Waals surface area contributed by atoms with Crippen LogP contribution in [0.5, 0.6) is 5.75 Å². The highest BCUT2D eigenvalue weighted by molar-refractivity contribution is 5.66. The van der Waals surface area contributed by atoms with Gasteiger partial charge in [0.05, 0.1) is 0 Å². The van der Waals surface area contributed by atoms with E-state index in [1.807, 2.05) is 24.3 Å². The van der Waals surface area contributed by atoms with Crippen molar-refractivity contribution in [3.05, 3.63) is 42.0 Å². The van der Waals surface area contributed by atoms with Crippen LogP contribution in [-0.2, 0) is 17.8 Å². The van der Waals surface area contributed by atoms with Crippen molar-refractivity contribution in [3.8, 4) is 5.75 Å². The molecule has 0 fully saturated rings. The Morgan fingerprint density at radius 3 is 3.05 bits per heavy atom. The zero-order chi connectivity index (χ0) is 13.5. The molecule has 0 aliphatic rings.